The molecule has 0 aliphatic carbocycles. The number of fused-ring (bicyclic) bond motifs is 1. The highest BCUT2D eigenvalue weighted by Crippen LogP contribution is 2.19. The van der Waals surface area contributed by atoms with Crippen molar-refractivity contribution in [3.05, 3.63) is 53.7 Å². The highest BCUT2D eigenvalue weighted by molar-refractivity contribution is 6.06. The van der Waals surface area contributed by atoms with Crippen LogP contribution in [0.25, 0.3) is 10.9 Å². The fourth-order valence-corrected chi connectivity index (χ4v) is 2.52. The number of hydrogen-bond acceptors (Lipinski definition) is 4. The van der Waals surface area contributed by atoms with Crippen LogP contribution in [0.2, 0.25) is 0 Å². The highest BCUT2D eigenvalue weighted by atomic mass is 16.1. The van der Waals surface area contributed by atoms with Gasteiger partial charge in [-0.2, -0.15) is 0 Å². The number of aromatic nitrogens is 4. The average Bonchev–Trinajstić information content (AvgIpc) is 2.92. The minimum Gasteiger partial charge on any atom is -0.342 e. The topological polar surface area (TPSA) is 72.7 Å². The van der Waals surface area contributed by atoms with Gasteiger partial charge in [-0.1, -0.05) is 18.2 Å². The molecular formula is C16H17N5O. The molecule has 1 aromatic carbocycles. The van der Waals surface area contributed by atoms with Crippen molar-refractivity contribution >= 4 is 16.8 Å². The number of carbonyl (C=O) groups is 1. The molecule has 0 saturated carbocycles. The van der Waals surface area contributed by atoms with E-state index < -0.39 is 0 Å². The summed E-state index contributed by atoms with van der Waals surface area (Å²) in [4.78, 5) is 17.1. The molecule has 0 aliphatic heterocycles. The van der Waals surface area contributed by atoms with Gasteiger partial charge in [0.2, 0.25) is 0 Å². The normalized spacial score (nSPS) is 12.3. The first-order chi connectivity index (χ1) is 10.6. The maximum atomic E-state index is 12.6. The van der Waals surface area contributed by atoms with E-state index in [4.69, 9.17) is 0 Å². The second kappa shape index (κ2) is 5.55. The first-order valence-corrected chi connectivity index (χ1v) is 7.07. The molecule has 0 unspecified atom stereocenters. The summed E-state index contributed by atoms with van der Waals surface area (Å²) in [6, 6.07) is 9.21. The Balaban J connectivity index is 1.94. The summed E-state index contributed by atoms with van der Waals surface area (Å²) >= 11 is 0. The van der Waals surface area contributed by atoms with Crippen molar-refractivity contribution in [2.24, 2.45) is 7.05 Å². The fraction of sp³-hybridized carbons (Fsp3) is 0.250. The summed E-state index contributed by atoms with van der Waals surface area (Å²) in [5, 5.41) is 11.7. The number of rotatable bonds is 3. The second-order valence-corrected chi connectivity index (χ2v) is 5.32. The van der Waals surface area contributed by atoms with E-state index in [0.29, 0.717) is 11.4 Å². The van der Waals surface area contributed by atoms with Gasteiger partial charge in [0.25, 0.3) is 5.91 Å². The van der Waals surface area contributed by atoms with Gasteiger partial charge in [-0.05, 0) is 26.0 Å². The summed E-state index contributed by atoms with van der Waals surface area (Å²) in [7, 11) is 1.85. The van der Waals surface area contributed by atoms with Crippen LogP contribution in [0.4, 0.5) is 0 Å². The van der Waals surface area contributed by atoms with Gasteiger partial charge >= 0.3 is 0 Å². The third kappa shape index (κ3) is 2.55. The first-order valence-electron chi connectivity index (χ1n) is 7.07. The van der Waals surface area contributed by atoms with Gasteiger partial charge in [0.15, 0.2) is 5.82 Å². The maximum Gasteiger partial charge on any atom is 0.252 e. The number of amides is 1. The van der Waals surface area contributed by atoms with Gasteiger partial charge in [-0.15, -0.1) is 10.2 Å². The van der Waals surface area contributed by atoms with Crippen molar-refractivity contribution in [1.82, 2.24) is 25.1 Å². The predicted octanol–water partition coefficient (Wildman–Crippen LogP) is 2.16. The molecule has 2 aromatic heterocycles. The lowest BCUT2D eigenvalue weighted by Crippen LogP contribution is -2.28. The Kier molecular flexibility index (Phi) is 3.58. The highest BCUT2D eigenvalue weighted by Gasteiger charge is 2.17. The number of nitrogens with one attached hydrogen (secondary N) is 1. The summed E-state index contributed by atoms with van der Waals surface area (Å²) in [6.07, 6.45) is 1.62. The molecule has 3 rings (SSSR count). The Hall–Kier alpha value is -2.76. The molecule has 112 valence electrons. The van der Waals surface area contributed by atoms with Gasteiger partial charge in [0.1, 0.15) is 6.33 Å². The summed E-state index contributed by atoms with van der Waals surface area (Å²) in [5.41, 5.74) is 2.26. The molecule has 0 radical (unpaired) electrons. The van der Waals surface area contributed by atoms with Crippen molar-refractivity contribution in [3.63, 3.8) is 0 Å². The summed E-state index contributed by atoms with van der Waals surface area (Å²) < 4.78 is 1.79. The number of nitrogens with zero attached hydrogens (tertiary/aromatic N) is 4. The van der Waals surface area contributed by atoms with Crippen LogP contribution >= 0.6 is 0 Å². The van der Waals surface area contributed by atoms with Crippen molar-refractivity contribution in [2.45, 2.75) is 19.9 Å². The van der Waals surface area contributed by atoms with Gasteiger partial charge in [-0.25, -0.2) is 0 Å². The largest absolute Gasteiger partial charge is 0.342 e. The van der Waals surface area contributed by atoms with Crippen molar-refractivity contribution in [1.29, 1.82) is 0 Å². The van der Waals surface area contributed by atoms with E-state index in [-0.39, 0.29) is 11.9 Å². The van der Waals surface area contributed by atoms with E-state index in [9.17, 15) is 4.79 Å². The standard InChI is InChI=1S/C16H17N5O/c1-10-8-13(12-6-4-5-7-14(12)18-10)16(22)19-11(2)15-20-17-9-21(15)3/h4-9,11H,1-3H3,(H,19,22)/t11-/m1/s1. The molecule has 22 heavy (non-hydrogen) atoms. The molecule has 1 amide bonds. The van der Waals surface area contributed by atoms with E-state index in [1.165, 1.54) is 0 Å². The van der Waals surface area contributed by atoms with Crippen molar-refractivity contribution in [3.8, 4) is 0 Å². The maximum absolute atomic E-state index is 12.6. The molecule has 0 aliphatic rings. The Morgan fingerprint density at radius 2 is 2.09 bits per heavy atom. The van der Waals surface area contributed by atoms with E-state index in [2.05, 4.69) is 20.5 Å². The number of aryl methyl sites for hydroxylation is 2. The molecule has 2 heterocycles. The molecule has 0 fully saturated rings. The summed E-state index contributed by atoms with van der Waals surface area (Å²) in [5.74, 6) is 0.570. The van der Waals surface area contributed by atoms with Gasteiger partial charge in [0, 0.05) is 18.1 Å². The molecule has 6 nitrogen and oxygen atoms in total. The first kappa shape index (κ1) is 14.2. The average molecular weight is 295 g/mol. The van der Waals surface area contributed by atoms with Crippen LogP contribution in [0.15, 0.2) is 36.7 Å². The van der Waals surface area contributed by atoms with Crippen LogP contribution in [0.1, 0.15) is 34.8 Å². The van der Waals surface area contributed by atoms with Crippen molar-refractivity contribution < 1.29 is 4.79 Å². The molecule has 0 spiro atoms. The van der Waals surface area contributed by atoms with Gasteiger partial charge in [0.05, 0.1) is 17.1 Å². The minimum atomic E-state index is -0.229. The van der Waals surface area contributed by atoms with Crippen LogP contribution in [0.3, 0.4) is 0 Å². The molecule has 6 heteroatoms. The Labute approximate surface area is 128 Å². The van der Waals surface area contributed by atoms with Gasteiger partial charge < -0.3 is 9.88 Å². The number of carbonyl (C=O) groups excluding carboxylic acids is 1. The van der Waals surface area contributed by atoms with Gasteiger partial charge in [-0.3, -0.25) is 9.78 Å². The molecule has 0 saturated heterocycles. The predicted molar refractivity (Wildman–Crippen MR) is 83.4 cm³/mol. The van der Waals surface area contributed by atoms with E-state index in [1.54, 1.807) is 17.0 Å². The molecule has 0 bridgehead atoms. The lowest BCUT2D eigenvalue weighted by molar-refractivity contribution is 0.0939. The molecular weight excluding hydrogens is 278 g/mol. The number of hydrogen-bond donors (Lipinski definition) is 1. The van der Waals surface area contributed by atoms with Crippen LogP contribution in [0.5, 0.6) is 0 Å². The third-order valence-electron chi connectivity index (χ3n) is 3.57. The number of para-hydroxylation sites is 1. The van der Waals surface area contributed by atoms with E-state index >= 15 is 0 Å². The molecule has 3 aromatic rings. The second-order valence-electron chi connectivity index (χ2n) is 5.32. The zero-order valence-electron chi connectivity index (χ0n) is 12.7. The quantitative estimate of drug-likeness (QED) is 0.803. The van der Waals surface area contributed by atoms with Crippen LogP contribution in [-0.4, -0.2) is 25.7 Å². The SMILES string of the molecule is Cc1cc(C(=O)N[C@H](C)c2nncn2C)c2ccccc2n1. The van der Waals surface area contributed by atoms with E-state index in [1.807, 2.05) is 45.2 Å². The number of benzene rings is 1. The van der Waals surface area contributed by atoms with E-state index in [0.717, 1.165) is 16.6 Å². The Morgan fingerprint density at radius 1 is 1.32 bits per heavy atom. The Morgan fingerprint density at radius 3 is 2.82 bits per heavy atom. The molecule has 1 N–H and O–H groups in total. The lowest BCUT2D eigenvalue weighted by atomic mass is 10.1. The zero-order valence-corrected chi connectivity index (χ0v) is 12.7. The van der Waals surface area contributed by atoms with Crippen LogP contribution < -0.4 is 5.32 Å². The zero-order chi connectivity index (χ0) is 15.7. The third-order valence-corrected chi connectivity index (χ3v) is 3.57. The smallest absolute Gasteiger partial charge is 0.252 e. The van der Waals surface area contributed by atoms with Crippen LogP contribution in [0, 0.1) is 6.92 Å². The lowest BCUT2D eigenvalue weighted by Gasteiger charge is -2.14. The number of pyridine rings is 1. The van der Waals surface area contributed by atoms with Crippen molar-refractivity contribution in [2.75, 3.05) is 0 Å². The minimum absolute atomic E-state index is 0.141. The molecule has 1 atom stereocenters. The fourth-order valence-electron chi connectivity index (χ4n) is 2.52. The van der Waals surface area contributed by atoms with Crippen LogP contribution in [-0.2, 0) is 7.05 Å². The monoisotopic (exact) mass is 295 g/mol. The summed E-state index contributed by atoms with van der Waals surface area (Å²) in [6.45, 7) is 3.77. The Bertz CT molecular complexity index is 839.